The Labute approximate surface area is 78.6 Å². The van der Waals surface area contributed by atoms with E-state index in [0.29, 0.717) is 0 Å². The summed E-state index contributed by atoms with van der Waals surface area (Å²) in [5, 5.41) is 16.6. The zero-order valence-electron chi connectivity index (χ0n) is 8.57. The molecule has 1 heterocycles. The molecule has 0 fully saturated rings. The first-order chi connectivity index (χ1) is 6.00. The molecule has 0 aromatic carbocycles. The number of aliphatic hydroxyl groups is 1. The zero-order valence-corrected chi connectivity index (χ0v) is 8.57. The molecule has 4 heteroatoms. The van der Waals surface area contributed by atoms with Crippen LogP contribution in [0.5, 0.6) is 0 Å². The minimum Gasteiger partial charge on any atom is -0.391 e. The predicted molar refractivity (Wildman–Crippen MR) is 52.7 cm³/mol. The van der Waals surface area contributed by atoms with Crippen LogP contribution in [0.4, 0.5) is 5.82 Å². The second kappa shape index (κ2) is 3.79. The highest BCUT2D eigenvalue weighted by atomic mass is 16.3. The van der Waals surface area contributed by atoms with Crippen LogP contribution in [0.2, 0.25) is 0 Å². The van der Waals surface area contributed by atoms with Gasteiger partial charge in [0.05, 0.1) is 12.1 Å². The number of hydrogen-bond donors (Lipinski definition) is 2. The van der Waals surface area contributed by atoms with Crippen molar-refractivity contribution >= 4 is 5.82 Å². The average molecular weight is 183 g/mol. The maximum absolute atomic E-state index is 9.26. The molecule has 2 unspecified atom stereocenters. The topological polar surface area (TPSA) is 50.1 Å². The number of rotatable bonds is 3. The van der Waals surface area contributed by atoms with Gasteiger partial charge in [-0.3, -0.25) is 4.68 Å². The first kappa shape index (κ1) is 10.1. The fraction of sp³-hybridized carbons (Fsp3) is 0.667. The molecule has 0 aliphatic carbocycles. The minimum atomic E-state index is -0.373. The third-order valence-electron chi connectivity index (χ3n) is 2.21. The second-order valence-electron chi connectivity index (χ2n) is 3.47. The van der Waals surface area contributed by atoms with Gasteiger partial charge in [-0.25, -0.2) is 0 Å². The van der Waals surface area contributed by atoms with Crippen LogP contribution in [0, 0.1) is 6.92 Å². The van der Waals surface area contributed by atoms with Crippen LogP contribution in [0.15, 0.2) is 6.07 Å². The molecule has 13 heavy (non-hydrogen) atoms. The van der Waals surface area contributed by atoms with Crippen molar-refractivity contribution in [1.29, 1.82) is 0 Å². The van der Waals surface area contributed by atoms with Crippen LogP contribution in [0.3, 0.4) is 0 Å². The van der Waals surface area contributed by atoms with E-state index >= 15 is 0 Å². The van der Waals surface area contributed by atoms with Crippen molar-refractivity contribution in [3.8, 4) is 0 Å². The maximum atomic E-state index is 9.26. The number of aryl methyl sites for hydroxylation is 2. The summed E-state index contributed by atoms with van der Waals surface area (Å²) >= 11 is 0. The standard InChI is InChI=1S/C9H17N3O/c1-6-5-9(11-12(6)4)10-7(2)8(3)13/h5,7-8,13H,1-4H3,(H,10,11). The molecule has 0 radical (unpaired) electrons. The molecule has 74 valence electrons. The van der Waals surface area contributed by atoms with Crippen LogP contribution in [-0.4, -0.2) is 27.0 Å². The fourth-order valence-electron chi connectivity index (χ4n) is 0.985. The van der Waals surface area contributed by atoms with Crippen LogP contribution in [-0.2, 0) is 7.05 Å². The van der Waals surface area contributed by atoms with E-state index < -0.39 is 0 Å². The summed E-state index contributed by atoms with van der Waals surface area (Å²) in [5.41, 5.74) is 1.10. The third kappa shape index (κ3) is 2.45. The smallest absolute Gasteiger partial charge is 0.148 e. The van der Waals surface area contributed by atoms with Gasteiger partial charge in [-0.1, -0.05) is 0 Å². The van der Waals surface area contributed by atoms with Crippen molar-refractivity contribution in [1.82, 2.24) is 9.78 Å². The molecule has 1 aromatic rings. The van der Waals surface area contributed by atoms with Crippen molar-refractivity contribution in [2.75, 3.05) is 5.32 Å². The molecule has 0 aliphatic heterocycles. The van der Waals surface area contributed by atoms with Gasteiger partial charge in [-0.15, -0.1) is 0 Å². The van der Waals surface area contributed by atoms with E-state index in [0.717, 1.165) is 11.5 Å². The van der Waals surface area contributed by atoms with Crippen LogP contribution in [0.25, 0.3) is 0 Å². The number of aliphatic hydroxyl groups excluding tert-OH is 1. The van der Waals surface area contributed by atoms with E-state index in [4.69, 9.17) is 0 Å². The van der Waals surface area contributed by atoms with E-state index in [1.165, 1.54) is 0 Å². The van der Waals surface area contributed by atoms with E-state index in [2.05, 4.69) is 10.4 Å². The number of hydrogen-bond acceptors (Lipinski definition) is 3. The normalized spacial score (nSPS) is 15.5. The molecule has 4 nitrogen and oxygen atoms in total. The van der Waals surface area contributed by atoms with Crippen LogP contribution >= 0.6 is 0 Å². The molecule has 0 saturated heterocycles. The van der Waals surface area contributed by atoms with Crippen molar-refractivity contribution in [2.45, 2.75) is 32.9 Å². The van der Waals surface area contributed by atoms with Gasteiger partial charge < -0.3 is 10.4 Å². The summed E-state index contributed by atoms with van der Waals surface area (Å²) in [6, 6.07) is 1.98. The Kier molecular flexibility index (Phi) is 2.93. The van der Waals surface area contributed by atoms with Gasteiger partial charge in [0.25, 0.3) is 0 Å². The van der Waals surface area contributed by atoms with Gasteiger partial charge in [0.1, 0.15) is 5.82 Å². The summed E-state index contributed by atoms with van der Waals surface area (Å²) in [4.78, 5) is 0. The van der Waals surface area contributed by atoms with E-state index in [1.807, 2.05) is 27.0 Å². The Morgan fingerprint density at radius 1 is 1.54 bits per heavy atom. The highest BCUT2D eigenvalue weighted by Crippen LogP contribution is 2.09. The number of nitrogens with one attached hydrogen (secondary N) is 1. The lowest BCUT2D eigenvalue weighted by Gasteiger charge is -2.15. The quantitative estimate of drug-likeness (QED) is 0.732. The Bertz CT molecular complexity index is 261. The van der Waals surface area contributed by atoms with Gasteiger partial charge in [0.15, 0.2) is 0 Å². The van der Waals surface area contributed by atoms with Gasteiger partial charge in [0.2, 0.25) is 0 Å². The predicted octanol–water partition coefficient (Wildman–Crippen LogP) is 0.910. The summed E-state index contributed by atoms with van der Waals surface area (Å²) in [5.74, 6) is 0.813. The third-order valence-corrected chi connectivity index (χ3v) is 2.21. The molecule has 1 rings (SSSR count). The van der Waals surface area contributed by atoms with Gasteiger partial charge in [-0.05, 0) is 20.8 Å². The summed E-state index contributed by atoms with van der Waals surface area (Å²) in [6.07, 6.45) is -0.373. The van der Waals surface area contributed by atoms with Crippen molar-refractivity contribution in [3.05, 3.63) is 11.8 Å². The average Bonchev–Trinajstić information content (AvgIpc) is 2.31. The van der Waals surface area contributed by atoms with Gasteiger partial charge >= 0.3 is 0 Å². The first-order valence-electron chi connectivity index (χ1n) is 4.46. The van der Waals surface area contributed by atoms with Crippen molar-refractivity contribution in [3.63, 3.8) is 0 Å². The molecule has 2 N–H and O–H groups in total. The van der Waals surface area contributed by atoms with E-state index in [-0.39, 0.29) is 12.1 Å². The molecule has 0 aliphatic rings. The number of aromatic nitrogens is 2. The monoisotopic (exact) mass is 183 g/mol. The SMILES string of the molecule is Cc1cc(NC(C)C(C)O)nn1C. The van der Waals surface area contributed by atoms with Gasteiger partial charge in [-0.2, -0.15) is 5.10 Å². The largest absolute Gasteiger partial charge is 0.391 e. The molecular formula is C9H17N3O. The number of anilines is 1. The lowest BCUT2D eigenvalue weighted by Crippen LogP contribution is -2.28. The van der Waals surface area contributed by atoms with Crippen molar-refractivity contribution in [2.24, 2.45) is 7.05 Å². The molecule has 0 saturated carbocycles. The summed E-state index contributed by atoms with van der Waals surface area (Å²) in [6.45, 7) is 5.67. The van der Waals surface area contributed by atoms with E-state index in [1.54, 1.807) is 11.6 Å². The zero-order chi connectivity index (χ0) is 10.0. The Hall–Kier alpha value is -1.03. The van der Waals surface area contributed by atoms with Crippen LogP contribution < -0.4 is 5.32 Å². The Morgan fingerprint density at radius 2 is 2.15 bits per heavy atom. The number of nitrogens with zero attached hydrogens (tertiary/aromatic N) is 2. The van der Waals surface area contributed by atoms with Crippen molar-refractivity contribution < 1.29 is 5.11 Å². The highest BCUT2D eigenvalue weighted by molar-refractivity contribution is 5.36. The molecule has 0 amide bonds. The molecular weight excluding hydrogens is 166 g/mol. The summed E-state index contributed by atoms with van der Waals surface area (Å²) in [7, 11) is 1.90. The minimum absolute atomic E-state index is 0.0225. The summed E-state index contributed by atoms with van der Waals surface area (Å²) < 4.78 is 1.80. The first-order valence-corrected chi connectivity index (χ1v) is 4.46. The Morgan fingerprint density at radius 3 is 2.54 bits per heavy atom. The Balaban J connectivity index is 2.64. The van der Waals surface area contributed by atoms with Gasteiger partial charge in [0, 0.05) is 18.8 Å². The molecule has 2 atom stereocenters. The second-order valence-corrected chi connectivity index (χ2v) is 3.47. The van der Waals surface area contributed by atoms with E-state index in [9.17, 15) is 5.11 Å². The lowest BCUT2D eigenvalue weighted by molar-refractivity contribution is 0.177. The molecule has 0 bridgehead atoms. The fourth-order valence-corrected chi connectivity index (χ4v) is 0.985. The molecule has 1 aromatic heterocycles. The maximum Gasteiger partial charge on any atom is 0.148 e. The van der Waals surface area contributed by atoms with Crippen LogP contribution in [0.1, 0.15) is 19.5 Å². The molecule has 0 spiro atoms. The lowest BCUT2D eigenvalue weighted by atomic mass is 10.2. The highest BCUT2D eigenvalue weighted by Gasteiger charge is 2.09.